The van der Waals surface area contributed by atoms with Crippen molar-refractivity contribution in [1.29, 1.82) is 0 Å². The van der Waals surface area contributed by atoms with Crippen molar-refractivity contribution >= 4 is 23.9 Å². The van der Waals surface area contributed by atoms with E-state index in [2.05, 4.69) is 0 Å². The number of fused-ring (bicyclic) bond motifs is 4. The molecule has 3 saturated heterocycles. The standard InChI is InChI=1S/C34H42O15/c1-7-29-11-20-28(6,22(45-15(2)35)18-8-9-43-12-18)23(46-16(3)36)24(47-17(4)37)34(42)30-14-44-21(38)10-19(30)27(5)13-31(30,40)32(41,25(27)39)26(48-29)33(20,34)49-29/h8-9,12,19-20,22-26,39-42H,7,10-11,13-14H2,1-6H3/t19-,20-,22+,23+,24-,25+,26-,27-,28-,29+,30-,31-,32+,33-,34+/m1/s1. The van der Waals surface area contributed by atoms with Gasteiger partial charge >= 0.3 is 23.9 Å². The zero-order chi connectivity index (χ0) is 35.5. The Labute approximate surface area is 281 Å². The molecule has 0 unspecified atom stereocenters. The molecule has 15 atom stereocenters. The number of carbonyl (C=O) groups excluding carboxylic acids is 4. The highest BCUT2D eigenvalue weighted by Crippen LogP contribution is 2.87. The zero-order valence-electron chi connectivity index (χ0n) is 28.1. The summed E-state index contributed by atoms with van der Waals surface area (Å²) in [6.45, 7) is 7.82. The topological polar surface area (TPSA) is 218 Å². The highest BCUT2D eigenvalue weighted by molar-refractivity contribution is 5.73. The molecule has 15 heteroatoms. The summed E-state index contributed by atoms with van der Waals surface area (Å²) in [7, 11) is 0. The third-order valence-corrected chi connectivity index (χ3v) is 14.0. The van der Waals surface area contributed by atoms with Gasteiger partial charge in [-0.1, -0.05) is 20.8 Å². The second kappa shape index (κ2) is 9.42. The lowest BCUT2D eigenvalue weighted by Gasteiger charge is -2.77. The van der Waals surface area contributed by atoms with E-state index in [1.807, 2.05) is 0 Å². The van der Waals surface area contributed by atoms with Crippen molar-refractivity contribution in [2.45, 2.75) is 126 Å². The first-order chi connectivity index (χ1) is 22.8. The van der Waals surface area contributed by atoms with Gasteiger partial charge in [-0.25, -0.2) is 0 Å². The van der Waals surface area contributed by atoms with Crippen LogP contribution in [0.1, 0.15) is 78.9 Å². The summed E-state index contributed by atoms with van der Waals surface area (Å²) >= 11 is 0. The number of esters is 4. The zero-order valence-corrected chi connectivity index (χ0v) is 28.1. The largest absolute Gasteiger partial charge is 0.472 e. The molecule has 4 saturated carbocycles. The van der Waals surface area contributed by atoms with Gasteiger partial charge in [-0.3, -0.25) is 19.2 Å². The fourth-order valence-corrected chi connectivity index (χ4v) is 12.5. The maximum atomic E-state index is 14.1. The van der Waals surface area contributed by atoms with Crippen LogP contribution < -0.4 is 0 Å². The van der Waals surface area contributed by atoms with Gasteiger partial charge in [0.05, 0.1) is 29.5 Å². The molecular formula is C34H42O15. The van der Waals surface area contributed by atoms with E-state index in [-0.39, 0.29) is 25.7 Å². The van der Waals surface area contributed by atoms with Crippen LogP contribution in [0.5, 0.6) is 0 Å². The predicted molar refractivity (Wildman–Crippen MR) is 157 cm³/mol. The summed E-state index contributed by atoms with van der Waals surface area (Å²) in [5.41, 5.74) is -14.5. The van der Waals surface area contributed by atoms with Crippen LogP contribution in [0, 0.1) is 28.1 Å². The van der Waals surface area contributed by atoms with E-state index in [0.29, 0.717) is 5.56 Å². The monoisotopic (exact) mass is 690 g/mol. The average Bonchev–Trinajstić information content (AvgIpc) is 3.82. The van der Waals surface area contributed by atoms with Crippen molar-refractivity contribution < 1.29 is 72.4 Å². The number of rotatable bonds is 6. The van der Waals surface area contributed by atoms with Crippen molar-refractivity contribution in [3.8, 4) is 0 Å². The van der Waals surface area contributed by atoms with Gasteiger partial charge < -0.3 is 53.3 Å². The number of aliphatic hydroxyl groups is 4. The Hall–Kier alpha value is -3.08. The molecule has 268 valence electrons. The maximum absolute atomic E-state index is 14.1. The van der Waals surface area contributed by atoms with Gasteiger partial charge in [0.15, 0.2) is 18.0 Å². The van der Waals surface area contributed by atoms with Gasteiger partial charge in [0.25, 0.3) is 0 Å². The van der Waals surface area contributed by atoms with Gasteiger partial charge in [0, 0.05) is 50.5 Å². The summed E-state index contributed by atoms with van der Waals surface area (Å²) in [6.07, 6.45) is -5.95. The molecule has 3 aliphatic heterocycles. The van der Waals surface area contributed by atoms with E-state index in [1.54, 1.807) is 26.8 Å². The molecule has 1 aromatic heterocycles. The summed E-state index contributed by atoms with van der Waals surface area (Å²) < 4.78 is 42.9. The fourth-order valence-electron chi connectivity index (χ4n) is 12.5. The molecule has 0 radical (unpaired) electrons. The predicted octanol–water partition coefficient (Wildman–Crippen LogP) is 0.588. The number of hydrogen-bond donors (Lipinski definition) is 4. The highest BCUT2D eigenvalue weighted by atomic mass is 16.8. The second-order valence-corrected chi connectivity index (χ2v) is 15.8. The molecule has 1 aromatic rings. The third-order valence-electron chi connectivity index (χ3n) is 14.0. The lowest BCUT2D eigenvalue weighted by molar-refractivity contribution is -0.450. The molecule has 4 bridgehead atoms. The van der Waals surface area contributed by atoms with Gasteiger partial charge in [-0.2, -0.15) is 0 Å². The minimum atomic E-state index is -2.63. The minimum absolute atomic E-state index is 0.0125. The second-order valence-electron chi connectivity index (χ2n) is 15.8. The first-order valence-electron chi connectivity index (χ1n) is 16.7. The van der Waals surface area contributed by atoms with Gasteiger partial charge in [0.2, 0.25) is 0 Å². The van der Waals surface area contributed by atoms with Crippen molar-refractivity contribution in [3.63, 3.8) is 0 Å². The maximum Gasteiger partial charge on any atom is 0.306 e. The molecule has 7 fully saturated rings. The number of cyclic esters (lactones) is 1. The van der Waals surface area contributed by atoms with E-state index in [9.17, 15) is 39.6 Å². The molecule has 49 heavy (non-hydrogen) atoms. The first-order valence-corrected chi connectivity index (χ1v) is 16.7. The minimum Gasteiger partial charge on any atom is -0.472 e. The lowest BCUT2D eigenvalue weighted by atomic mass is 9.32. The van der Waals surface area contributed by atoms with Crippen LogP contribution in [-0.2, 0) is 47.6 Å². The molecule has 0 amide bonds. The number of ether oxygens (including phenoxy) is 6. The molecular weight excluding hydrogens is 648 g/mol. The Balaban J connectivity index is 1.51. The quantitative estimate of drug-likeness (QED) is 0.237. The Bertz CT molecular complexity index is 1660. The third kappa shape index (κ3) is 3.20. The summed E-state index contributed by atoms with van der Waals surface area (Å²) in [5, 5.41) is 52.4. The molecule has 2 spiro atoms. The van der Waals surface area contributed by atoms with Crippen LogP contribution in [-0.4, -0.2) is 104 Å². The van der Waals surface area contributed by atoms with Crippen LogP contribution in [0.25, 0.3) is 0 Å². The van der Waals surface area contributed by atoms with E-state index in [0.717, 1.165) is 13.8 Å². The van der Waals surface area contributed by atoms with Crippen molar-refractivity contribution in [2.24, 2.45) is 28.1 Å². The van der Waals surface area contributed by atoms with E-state index >= 15 is 0 Å². The SMILES string of the molecule is CC[C@@]12C[C@@H]3[C@](C)([C@@H](OC(C)=O)c4ccoc4)[C@@H](OC(C)=O)[C@@H](OC(C)=O)[C@@]4(O)[C@]3(O1)[C@H](O2)[C@@]1(O)[C@@H](O)[C@]2(C)C[C@@]1(O)[C@]41COC(=O)C[C@H]21. The summed E-state index contributed by atoms with van der Waals surface area (Å²) in [4.78, 5) is 52.2. The van der Waals surface area contributed by atoms with Crippen LogP contribution in [0.3, 0.4) is 0 Å². The normalized spacial score (nSPS) is 53.3. The summed E-state index contributed by atoms with van der Waals surface area (Å²) in [5.74, 6) is -6.78. The van der Waals surface area contributed by atoms with E-state index in [4.69, 9.17) is 32.8 Å². The molecule has 4 heterocycles. The van der Waals surface area contributed by atoms with Crippen LogP contribution in [0.15, 0.2) is 23.0 Å². The van der Waals surface area contributed by atoms with Crippen molar-refractivity contribution in [2.75, 3.05) is 6.61 Å². The van der Waals surface area contributed by atoms with Crippen LogP contribution in [0.2, 0.25) is 0 Å². The Morgan fingerprint density at radius 3 is 2.29 bits per heavy atom. The molecule has 8 rings (SSSR count). The van der Waals surface area contributed by atoms with Crippen molar-refractivity contribution in [1.82, 2.24) is 0 Å². The number of hydrogen-bond acceptors (Lipinski definition) is 15. The Morgan fingerprint density at radius 1 is 1.02 bits per heavy atom. The van der Waals surface area contributed by atoms with E-state index in [1.165, 1.54) is 19.5 Å². The average molecular weight is 691 g/mol. The Kier molecular flexibility index (Phi) is 6.36. The number of carbonyl (C=O) groups is 4. The molecule has 4 aliphatic carbocycles. The Morgan fingerprint density at radius 2 is 1.69 bits per heavy atom. The molecule has 0 aromatic carbocycles. The van der Waals surface area contributed by atoms with E-state index < -0.39 is 117 Å². The lowest BCUT2D eigenvalue weighted by Crippen LogP contribution is -2.97. The molecule has 4 N–H and O–H groups in total. The highest BCUT2D eigenvalue weighted by Gasteiger charge is 3.03. The van der Waals surface area contributed by atoms with Crippen LogP contribution in [0.4, 0.5) is 0 Å². The number of furan rings is 1. The number of aliphatic hydroxyl groups excluding tert-OH is 1. The smallest absolute Gasteiger partial charge is 0.306 e. The van der Waals surface area contributed by atoms with Crippen molar-refractivity contribution in [3.05, 3.63) is 24.2 Å². The molecule has 15 nitrogen and oxygen atoms in total. The summed E-state index contributed by atoms with van der Waals surface area (Å²) in [6, 6.07) is 1.56. The van der Waals surface area contributed by atoms with Gasteiger partial charge in [-0.15, -0.1) is 0 Å². The first kappa shape index (κ1) is 33.1. The van der Waals surface area contributed by atoms with Crippen LogP contribution >= 0.6 is 0 Å². The van der Waals surface area contributed by atoms with Gasteiger partial charge in [-0.05, 0) is 24.8 Å². The fraction of sp³-hybridized carbons (Fsp3) is 0.765. The molecule has 7 aliphatic rings. The van der Waals surface area contributed by atoms with Gasteiger partial charge in [0.1, 0.15) is 41.2 Å².